The Hall–Kier alpha value is -1.09. The average molecular weight is 405 g/mol. The van der Waals surface area contributed by atoms with E-state index in [-0.39, 0.29) is 17.0 Å². The van der Waals surface area contributed by atoms with Crippen molar-refractivity contribution in [3.05, 3.63) is 40.9 Å². The molecule has 0 saturated carbocycles. The summed E-state index contributed by atoms with van der Waals surface area (Å²) in [5.74, 6) is 0. The minimum atomic E-state index is 0. The standard InChI is InChI=1S/C22H32N2.BrH/c1-2-3-4-5-6-7-8-11-17-24-20-15-10-9-13-18(20)22(23)19-14-12-16-21(19)24;/h9-10,13,15,23H,2-8,11-12,14,16-17H2,1H3;1H. The highest BCUT2D eigenvalue weighted by Crippen LogP contribution is 2.24. The molecule has 0 fully saturated rings. The molecule has 1 aliphatic carbocycles. The van der Waals surface area contributed by atoms with Gasteiger partial charge in [-0.1, -0.05) is 70.1 Å². The van der Waals surface area contributed by atoms with Crippen molar-refractivity contribution in [2.75, 3.05) is 0 Å². The molecule has 1 aromatic heterocycles. The van der Waals surface area contributed by atoms with Crippen molar-refractivity contribution in [1.82, 2.24) is 4.57 Å². The van der Waals surface area contributed by atoms with E-state index in [1.807, 2.05) is 0 Å². The van der Waals surface area contributed by atoms with Gasteiger partial charge in [-0.3, -0.25) is 5.41 Å². The third-order valence-electron chi connectivity index (χ3n) is 5.52. The SMILES string of the molecule is Br.CCCCCCCCCCn1c2c(c(=N)c3ccccc31)CCC2. The molecule has 3 heteroatoms. The van der Waals surface area contributed by atoms with Gasteiger partial charge in [-0.2, -0.15) is 0 Å². The van der Waals surface area contributed by atoms with E-state index in [9.17, 15) is 0 Å². The maximum atomic E-state index is 8.53. The summed E-state index contributed by atoms with van der Waals surface area (Å²) in [5.41, 5.74) is 4.03. The van der Waals surface area contributed by atoms with Gasteiger partial charge in [0.1, 0.15) is 0 Å². The molecule has 0 amide bonds. The molecule has 0 atom stereocenters. The lowest BCUT2D eigenvalue weighted by Gasteiger charge is -2.17. The lowest BCUT2D eigenvalue weighted by Crippen LogP contribution is -2.17. The number of nitrogens with one attached hydrogen (secondary N) is 1. The van der Waals surface area contributed by atoms with Crippen molar-refractivity contribution in [3.63, 3.8) is 0 Å². The van der Waals surface area contributed by atoms with E-state index in [2.05, 4.69) is 35.8 Å². The minimum Gasteiger partial charge on any atom is -0.344 e. The number of rotatable bonds is 9. The monoisotopic (exact) mass is 404 g/mol. The van der Waals surface area contributed by atoms with Crippen LogP contribution in [-0.2, 0) is 19.4 Å². The summed E-state index contributed by atoms with van der Waals surface area (Å²) in [6.45, 7) is 3.40. The molecule has 0 spiro atoms. The van der Waals surface area contributed by atoms with E-state index < -0.39 is 0 Å². The van der Waals surface area contributed by atoms with E-state index >= 15 is 0 Å². The molecule has 0 saturated heterocycles. The Labute approximate surface area is 162 Å². The molecular weight excluding hydrogens is 372 g/mol. The van der Waals surface area contributed by atoms with Crippen LogP contribution >= 0.6 is 17.0 Å². The highest BCUT2D eigenvalue weighted by molar-refractivity contribution is 8.93. The number of aromatic nitrogens is 1. The first kappa shape index (κ1) is 20.2. The van der Waals surface area contributed by atoms with E-state index in [1.165, 1.54) is 74.6 Å². The summed E-state index contributed by atoms with van der Waals surface area (Å²) >= 11 is 0. The summed E-state index contributed by atoms with van der Waals surface area (Å²) in [6.07, 6.45) is 14.4. The van der Waals surface area contributed by atoms with E-state index in [0.717, 1.165) is 30.1 Å². The molecule has 25 heavy (non-hydrogen) atoms. The molecule has 0 radical (unpaired) electrons. The van der Waals surface area contributed by atoms with Gasteiger partial charge in [-0.15, -0.1) is 17.0 Å². The molecule has 2 nitrogen and oxygen atoms in total. The minimum absolute atomic E-state index is 0. The van der Waals surface area contributed by atoms with Crippen molar-refractivity contribution in [2.45, 2.75) is 84.1 Å². The molecule has 2 aromatic rings. The van der Waals surface area contributed by atoms with Gasteiger partial charge >= 0.3 is 0 Å². The molecule has 1 N–H and O–H groups in total. The van der Waals surface area contributed by atoms with Gasteiger partial charge in [-0.05, 0) is 37.3 Å². The van der Waals surface area contributed by atoms with Gasteiger partial charge in [0, 0.05) is 17.6 Å². The van der Waals surface area contributed by atoms with E-state index in [0.29, 0.717) is 0 Å². The number of benzene rings is 1. The highest BCUT2D eigenvalue weighted by Gasteiger charge is 2.18. The second-order valence-electron chi connectivity index (χ2n) is 7.30. The maximum Gasteiger partial charge on any atom is 0.0682 e. The summed E-state index contributed by atoms with van der Waals surface area (Å²) in [6, 6.07) is 8.52. The largest absolute Gasteiger partial charge is 0.344 e. The van der Waals surface area contributed by atoms with Crippen molar-refractivity contribution >= 4 is 27.9 Å². The number of pyridine rings is 1. The Bertz CT molecular complexity index is 733. The van der Waals surface area contributed by atoms with Crippen LogP contribution in [0.3, 0.4) is 0 Å². The number of aryl methyl sites for hydroxylation is 1. The average Bonchev–Trinajstić information content (AvgIpc) is 3.10. The van der Waals surface area contributed by atoms with Crippen molar-refractivity contribution in [2.24, 2.45) is 0 Å². The summed E-state index contributed by atoms with van der Waals surface area (Å²) in [7, 11) is 0. The third kappa shape index (κ3) is 4.75. The fraction of sp³-hybridized carbons (Fsp3) is 0.591. The Balaban J connectivity index is 0.00000225. The van der Waals surface area contributed by atoms with E-state index in [4.69, 9.17) is 5.41 Å². The maximum absolute atomic E-state index is 8.53. The van der Waals surface area contributed by atoms with Crippen LogP contribution < -0.4 is 5.36 Å². The smallest absolute Gasteiger partial charge is 0.0682 e. The van der Waals surface area contributed by atoms with Crippen LogP contribution in [0.1, 0.15) is 76.0 Å². The van der Waals surface area contributed by atoms with Crippen LogP contribution in [0.2, 0.25) is 0 Å². The number of unbranched alkanes of at least 4 members (excludes halogenated alkanes) is 7. The Morgan fingerprint density at radius 3 is 2.36 bits per heavy atom. The molecule has 0 bridgehead atoms. The molecule has 3 rings (SSSR count). The Morgan fingerprint density at radius 1 is 0.920 bits per heavy atom. The predicted molar refractivity (Wildman–Crippen MR) is 113 cm³/mol. The van der Waals surface area contributed by atoms with Gasteiger partial charge in [-0.25, -0.2) is 0 Å². The fourth-order valence-corrected chi connectivity index (χ4v) is 4.18. The number of hydrogen-bond donors (Lipinski definition) is 1. The summed E-state index contributed by atoms with van der Waals surface area (Å²) in [5, 5.41) is 10.4. The number of halogens is 1. The molecule has 1 heterocycles. The Morgan fingerprint density at radius 2 is 1.60 bits per heavy atom. The Kier molecular flexibility index (Phi) is 8.21. The van der Waals surface area contributed by atoms with Crippen LogP contribution in [0.15, 0.2) is 24.3 Å². The van der Waals surface area contributed by atoms with Crippen molar-refractivity contribution < 1.29 is 0 Å². The molecule has 1 aromatic carbocycles. The van der Waals surface area contributed by atoms with Gasteiger partial charge in [0.05, 0.1) is 10.9 Å². The quantitative estimate of drug-likeness (QED) is 0.473. The van der Waals surface area contributed by atoms with Gasteiger partial charge in [0.15, 0.2) is 0 Å². The second kappa shape index (κ2) is 10.2. The second-order valence-corrected chi connectivity index (χ2v) is 7.30. The third-order valence-corrected chi connectivity index (χ3v) is 5.52. The zero-order valence-electron chi connectivity index (χ0n) is 15.7. The normalized spacial score (nSPS) is 13.0. The molecular formula is C22H33BrN2. The lowest BCUT2D eigenvalue weighted by molar-refractivity contribution is 0.542. The molecule has 0 unspecified atom stereocenters. The zero-order valence-corrected chi connectivity index (χ0v) is 17.4. The van der Waals surface area contributed by atoms with Crippen LogP contribution in [0, 0.1) is 5.41 Å². The van der Waals surface area contributed by atoms with Gasteiger partial charge in [0.2, 0.25) is 0 Å². The van der Waals surface area contributed by atoms with Crippen LogP contribution in [0.25, 0.3) is 10.9 Å². The van der Waals surface area contributed by atoms with Crippen molar-refractivity contribution in [1.29, 1.82) is 5.41 Å². The predicted octanol–water partition coefficient (Wildman–Crippen LogP) is 6.33. The molecule has 138 valence electrons. The van der Waals surface area contributed by atoms with Gasteiger partial charge < -0.3 is 4.57 Å². The number of fused-ring (bicyclic) bond motifs is 2. The topological polar surface area (TPSA) is 28.8 Å². The first-order valence-corrected chi connectivity index (χ1v) is 10.0. The number of para-hydroxylation sites is 1. The van der Waals surface area contributed by atoms with Crippen LogP contribution in [-0.4, -0.2) is 4.57 Å². The van der Waals surface area contributed by atoms with Crippen LogP contribution in [0.5, 0.6) is 0 Å². The summed E-state index contributed by atoms with van der Waals surface area (Å²) < 4.78 is 2.53. The van der Waals surface area contributed by atoms with Gasteiger partial charge in [0.25, 0.3) is 0 Å². The van der Waals surface area contributed by atoms with Crippen molar-refractivity contribution in [3.8, 4) is 0 Å². The number of hydrogen-bond acceptors (Lipinski definition) is 1. The zero-order chi connectivity index (χ0) is 16.8. The lowest BCUT2D eigenvalue weighted by atomic mass is 10.1. The number of nitrogens with zero attached hydrogens (tertiary/aromatic N) is 1. The molecule has 0 aliphatic heterocycles. The first-order chi connectivity index (χ1) is 11.8. The van der Waals surface area contributed by atoms with Crippen LogP contribution in [0.4, 0.5) is 0 Å². The fourth-order valence-electron chi connectivity index (χ4n) is 4.18. The molecule has 1 aliphatic rings. The van der Waals surface area contributed by atoms with E-state index in [1.54, 1.807) is 0 Å². The highest BCUT2D eigenvalue weighted by atomic mass is 79.9. The first-order valence-electron chi connectivity index (χ1n) is 10.0. The summed E-state index contributed by atoms with van der Waals surface area (Å²) in [4.78, 5) is 0.